The first-order valence-electron chi connectivity index (χ1n) is 6.20. The molecule has 5 heteroatoms. The van der Waals surface area contributed by atoms with Crippen LogP contribution in [0, 0.1) is 5.82 Å². The Labute approximate surface area is 133 Å². The van der Waals surface area contributed by atoms with Gasteiger partial charge in [0.25, 0.3) is 0 Å². The largest absolute Gasteiger partial charge is 0.452 e. The van der Waals surface area contributed by atoms with Gasteiger partial charge in [-0.05, 0) is 51.8 Å². The molecule has 0 saturated heterocycles. The fourth-order valence-electron chi connectivity index (χ4n) is 2.10. The summed E-state index contributed by atoms with van der Waals surface area (Å²) in [5.74, 6) is -0.541. The molecule has 106 valence electrons. The van der Waals surface area contributed by atoms with Gasteiger partial charge in [0.15, 0.2) is 5.76 Å². The monoisotopic (exact) mass is 366 g/mol. The summed E-state index contributed by atoms with van der Waals surface area (Å²) in [5, 5.41) is 1.21. The number of ketones is 1. The molecule has 1 aromatic heterocycles. The molecule has 1 heterocycles. The molecule has 21 heavy (non-hydrogen) atoms. The fourth-order valence-corrected chi connectivity index (χ4v) is 2.76. The molecule has 0 N–H and O–H groups in total. The normalized spacial score (nSPS) is 11.0. The zero-order valence-corrected chi connectivity index (χ0v) is 13.0. The molecule has 0 aliphatic rings. The Morgan fingerprint density at radius 2 is 2.05 bits per heavy atom. The molecule has 0 atom stereocenters. The van der Waals surface area contributed by atoms with Crippen molar-refractivity contribution in [2.75, 3.05) is 0 Å². The Hall–Kier alpha value is -1.65. The van der Waals surface area contributed by atoms with Crippen LogP contribution in [0.3, 0.4) is 0 Å². The number of carbonyl (C=O) groups is 1. The van der Waals surface area contributed by atoms with Crippen LogP contribution < -0.4 is 0 Å². The highest BCUT2D eigenvalue weighted by Gasteiger charge is 2.16. The predicted molar refractivity (Wildman–Crippen MR) is 83.4 cm³/mol. The Balaban J connectivity index is 1.93. The maximum atomic E-state index is 13.7. The van der Waals surface area contributed by atoms with Crippen molar-refractivity contribution >= 4 is 44.3 Å². The standard InChI is InChI=1S/C16H9BrClFO2/c17-12-3-1-2-9-8-15(21-16(9)12)14(20)7-10-6-11(18)4-5-13(10)19/h1-6,8H,7H2. The van der Waals surface area contributed by atoms with Crippen molar-refractivity contribution in [3.05, 3.63) is 69.1 Å². The number of benzene rings is 2. The second-order valence-electron chi connectivity index (χ2n) is 4.60. The van der Waals surface area contributed by atoms with Crippen molar-refractivity contribution in [1.82, 2.24) is 0 Å². The minimum absolute atomic E-state index is 0.0934. The predicted octanol–water partition coefficient (Wildman–Crippen LogP) is 5.41. The van der Waals surface area contributed by atoms with E-state index in [4.69, 9.17) is 16.0 Å². The lowest BCUT2D eigenvalue weighted by Gasteiger charge is -2.01. The summed E-state index contributed by atoms with van der Waals surface area (Å²) in [7, 11) is 0. The van der Waals surface area contributed by atoms with Gasteiger partial charge in [-0.25, -0.2) is 4.39 Å². The van der Waals surface area contributed by atoms with Gasteiger partial charge < -0.3 is 4.42 Å². The highest BCUT2D eigenvalue weighted by molar-refractivity contribution is 9.10. The van der Waals surface area contributed by atoms with E-state index in [0.29, 0.717) is 10.6 Å². The average Bonchev–Trinajstić information content (AvgIpc) is 2.88. The van der Waals surface area contributed by atoms with Crippen molar-refractivity contribution < 1.29 is 13.6 Å². The van der Waals surface area contributed by atoms with Gasteiger partial charge in [0.1, 0.15) is 11.4 Å². The number of halogens is 3. The number of hydrogen-bond donors (Lipinski definition) is 0. The van der Waals surface area contributed by atoms with Gasteiger partial charge in [-0.15, -0.1) is 0 Å². The first-order chi connectivity index (χ1) is 10.0. The van der Waals surface area contributed by atoms with Crippen molar-refractivity contribution in [2.24, 2.45) is 0 Å². The first kappa shape index (κ1) is 14.3. The number of para-hydroxylation sites is 1. The van der Waals surface area contributed by atoms with Gasteiger partial charge in [0.05, 0.1) is 4.47 Å². The second kappa shape index (κ2) is 5.62. The van der Waals surface area contributed by atoms with Gasteiger partial charge in [-0.3, -0.25) is 4.79 Å². The van der Waals surface area contributed by atoms with Crippen LogP contribution >= 0.6 is 27.5 Å². The summed E-state index contributed by atoms with van der Waals surface area (Å²) in [6, 6.07) is 11.3. The van der Waals surface area contributed by atoms with Gasteiger partial charge in [-0.2, -0.15) is 0 Å². The van der Waals surface area contributed by atoms with E-state index in [2.05, 4.69) is 15.9 Å². The second-order valence-corrected chi connectivity index (χ2v) is 5.90. The van der Waals surface area contributed by atoms with Gasteiger partial charge in [-0.1, -0.05) is 23.7 Å². The zero-order valence-electron chi connectivity index (χ0n) is 10.7. The third-order valence-corrected chi connectivity index (χ3v) is 3.99. The molecule has 0 bridgehead atoms. The molecule has 2 aromatic carbocycles. The third-order valence-electron chi connectivity index (χ3n) is 3.13. The minimum atomic E-state index is -0.454. The maximum Gasteiger partial charge on any atom is 0.202 e. The summed E-state index contributed by atoms with van der Waals surface area (Å²) in [6.07, 6.45) is -0.0934. The lowest BCUT2D eigenvalue weighted by molar-refractivity contribution is 0.0967. The molecule has 3 rings (SSSR count). The molecule has 2 nitrogen and oxygen atoms in total. The number of fused-ring (bicyclic) bond motifs is 1. The van der Waals surface area contributed by atoms with E-state index in [-0.39, 0.29) is 23.5 Å². The summed E-state index contributed by atoms with van der Waals surface area (Å²) in [4.78, 5) is 12.2. The Kier molecular flexibility index (Phi) is 3.83. The Morgan fingerprint density at radius 1 is 1.24 bits per heavy atom. The van der Waals surface area contributed by atoms with Crippen LogP contribution in [0.15, 0.2) is 51.4 Å². The van der Waals surface area contributed by atoms with Crippen molar-refractivity contribution in [3.8, 4) is 0 Å². The molecule has 0 spiro atoms. The quantitative estimate of drug-likeness (QED) is 0.579. The molecule has 0 radical (unpaired) electrons. The van der Waals surface area contributed by atoms with Crippen LogP contribution in [0.5, 0.6) is 0 Å². The summed E-state index contributed by atoms with van der Waals surface area (Å²) in [5.41, 5.74) is 0.861. The Bertz CT molecular complexity index is 841. The highest BCUT2D eigenvalue weighted by Crippen LogP contribution is 2.28. The van der Waals surface area contributed by atoms with E-state index >= 15 is 0 Å². The summed E-state index contributed by atoms with van der Waals surface area (Å²) < 4.78 is 20.0. The fraction of sp³-hybridized carbons (Fsp3) is 0.0625. The van der Waals surface area contributed by atoms with Crippen LogP contribution in [0.25, 0.3) is 11.0 Å². The summed E-state index contributed by atoms with van der Waals surface area (Å²) >= 11 is 9.19. The smallest absolute Gasteiger partial charge is 0.202 e. The van der Waals surface area contributed by atoms with Gasteiger partial charge in [0.2, 0.25) is 5.78 Å². The first-order valence-corrected chi connectivity index (χ1v) is 7.37. The zero-order chi connectivity index (χ0) is 15.0. The molecule has 0 saturated carbocycles. The van der Waals surface area contributed by atoms with E-state index in [9.17, 15) is 9.18 Å². The highest BCUT2D eigenvalue weighted by atomic mass is 79.9. The summed E-state index contributed by atoms with van der Waals surface area (Å²) in [6.45, 7) is 0. The molecule has 0 unspecified atom stereocenters. The van der Waals surface area contributed by atoms with E-state index in [0.717, 1.165) is 9.86 Å². The van der Waals surface area contributed by atoms with Crippen molar-refractivity contribution in [2.45, 2.75) is 6.42 Å². The van der Waals surface area contributed by atoms with Crippen LogP contribution in [-0.4, -0.2) is 5.78 Å². The maximum absolute atomic E-state index is 13.7. The van der Waals surface area contributed by atoms with E-state index < -0.39 is 5.82 Å². The molecule has 3 aromatic rings. The molecular formula is C16H9BrClFO2. The van der Waals surface area contributed by atoms with E-state index in [1.54, 1.807) is 6.07 Å². The van der Waals surface area contributed by atoms with Crippen LogP contribution in [-0.2, 0) is 6.42 Å². The average molecular weight is 368 g/mol. The number of Topliss-reactive ketones (excluding diaryl/α,β-unsaturated/α-hetero) is 1. The lowest BCUT2D eigenvalue weighted by atomic mass is 10.1. The van der Waals surface area contributed by atoms with Crippen molar-refractivity contribution in [1.29, 1.82) is 0 Å². The van der Waals surface area contributed by atoms with Crippen LogP contribution in [0.1, 0.15) is 16.1 Å². The van der Waals surface area contributed by atoms with E-state index in [1.807, 2.05) is 18.2 Å². The topological polar surface area (TPSA) is 30.2 Å². The Morgan fingerprint density at radius 3 is 2.81 bits per heavy atom. The van der Waals surface area contributed by atoms with Crippen LogP contribution in [0.2, 0.25) is 5.02 Å². The van der Waals surface area contributed by atoms with Crippen molar-refractivity contribution in [3.63, 3.8) is 0 Å². The number of carbonyl (C=O) groups excluding carboxylic acids is 1. The lowest BCUT2D eigenvalue weighted by Crippen LogP contribution is -2.04. The SMILES string of the molecule is O=C(Cc1cc(Cl)ccc1F)c1cc2cccc(Br)c2o1. The minimum Gasteiger partial charge on any atom is -0.452 e. The number of hydrogen-bond acceptors (Lipinski definition) is 2. The molecule has 0 amide bonds. The van der Waals surface area contributed by atoms with Gasteiger partial charge in [0, 0.05) is 16.8 Å². The van der Waals surface area contributed by atoms with Crippen LogP contribution in [0.4, 0.5) is 4.39 Å². The third kappa shape index (κ3) is 2.87. The molecular weight excluding hydrogens is 359 g/mol. The molecule has 0 aliphatic carbocycles. The number of rotatable bonds is 3. The molecule has 0 aliphatic heterocycles. The van der Waals surface area contributed by atoms with E-state index in [1.165, 1.54) is 18.2 Å². The van der Waals surface area contributed by atoms with Gasteiger partial charge >= 0.3 is 0 Å². The number of furan rings is 1. The molecule has 0 fully saturated rings.